The highest BCUT2D eigenvalue weighted by molar-refractivity contribution is 8.00. The largest absolute Gasteiger partial charge is 0.325 e. The van der Waals surface area contributed by atoms with Crippen LogP contribution in [0.1, 0.15) is 22.8 Å². The number of H-pyrrole nitrogens is 1. The zero-order valence-electron chi connectivity index (χ0n) is 19.1. The van der Waals surface area contributed by atoms with Gasteiger partial charge in [0.05, 0.1) is 16.9 Å². The van der Waals surface area contributed by atoms with Crippen LogP contribution in [0.15, 0.2) is 70.5 Å². The molecule has 3 aromatic rings. The third kappa shape index (κ3) is 3.18. The second kappa shape index (κ2) is 8.18. The molecule has 7 atom stereocenters. The summed E-state index contributed by atoms with van der Waals surface area (Å²) in [6.45, 7) is -0.260. The van der Waals surface area contributed by atoms with E-state index < -0.39 is 5.92 Å². The maximum atomic E-state index is 13.6. The van der Waals surface area contributed by atoms with Crippen molar-refractivity contribution in [3.05, 3.63) is 80.8 Å². The highest BCUT2D eigenvalue weighted by Crippen LogP contribution is 2.68. The van der Waals surface area contributed by atoms with Crippen molar-refractivity contribution in [3.63, 3.8) is 0 Å². The van der Waals surface area contributed by atoms with Crippen LogP contribution in [0.25, 0.3) is 0 Å². The number of para-hydroxylation sites is 1. The van der Waals surface area contributed by atoms with Crippen molar-refractivity contribution in [1.29, 1.82) is 0 Å². The molecule has 2 aliphatic carbocycles. The summed E-state index contributed by atoms with van der Waals surface area (Å²) in [6, 6.07) is 19.2. The van der Waals surface area contributed by atoms with Gasteiger partial charge >= 0.3 is 4.87 Å². The number of hydrogen-bond donors (Lipinski definition) is 2. The van der Waals surface area contributed by atoms with Gasteiger partial charge in [-0.3, -0.25) is 24.1 Å². The van der Waals surface area contributed by atoms with Crippen molar-refractivity contribution >= 4 is 46.5 Å². The summed E-state index contributed by atoms with van der Waals surface area (Å²) in [5.74, 6) is -1.30. The van der Waals surface area contributed by atoms with Crippen LogP contribution in [0.4, 0.5) is 5.69 Å². The van der Waals surface area contributed by atoms with Gasteiger partial charge in [-0.2, -0.15) is 0 Å². The first-order valence-electron chi connectivity index (χ1n) is 12.2. The SMILES string of the molecule is O=C(CN1C(=O)[C@@H]2[C@H]3C[C@@H]([C@@H]2C1=O)[C@H]1[C@@H](c2ccccc2)c2sc(=O)[nH]c2S[C@@H]31)Nc1ccccc1. The Kier molecular flexibility index (Phi) is 5.01. The molecule has 7 nitrogen and oxygen atoms in total. The van der Waals surface area contributed by atoms with E-state index in [0.717, 1.165) is 21.9 Å². The van der Waals surface area contributed by atoms with E-state index in [1.807, 2.05) is 36.4 Å². The minimum atomic E-state index is -0.391. The van der Waals surface area contributed by atoms with E-state index in [4.69, 9.17) is 0 Å². The lowest BCUT2D eigenvalue weighted by Crippen LogP contribution is -2.42. The number of anilines is 1. The predicted molar refractivity (Wildman–Crippen MR) is 137 cm³/mol. The van der Waals surface area contributed by atoms with Gasteiger partial charge in [-0.15, -0.1) is 11.8 Å². The van der Waals surface area contributed by atoms with E-state index in [-0.39, 0.29) is 64.0 Å². The first-order chi connectivity index (χ1) is 17.5. The molecule has 2 saturated carbocycles. The zero-order valence-corrected chi connectivity index (χ0v) is 20.8. The molecule has 2 aliphatic heterocycles. The summed E-state index contributed by atoms with van der Waals surface area (Å²) in [5, 5.41) is 3.83. The number of nitrogens with one attached hydrogen (secondary N) is 2. The summed E-state index contributed by atoms with van der Waals surface area (Å²) in [4.78, 5) is 57.3. The van der Waals surface area contributed by atoms with E-state index in [2.05, 4.69) is 22.4 Å². The molecule has 1 aromatic heterocycles. The van der Waals surface area contributed by atoms with E-state index in [1.165, 1.54) is 16.2 Å². The van der Waals surface area contributed by atoms with Crippen molar-refractivity contribution in [1.82, 2.24) is 9.88 Å². The molecule has 2 N–H and O–H groups in total. The van der Waals surface area contributed by atoms with Gasteiger partial charge in [0.1, 0.15) is 6.54 Å². The van der Waals surface area contributed by atoms with E-state index in [0.29, 0.717) is 5.69 Å². The predicted octanol–water partition coefficient (Wildman–Crippen LogP) is 3.55. The number of thiazole rings is 1. The number of carbonyl (C=O) groups is 3. The highest BCUT2D eigenvalue weighted by atomic mass is 32.2. The number of benzene rings is 2. The van der Waals surface area contributed by atoms with Gasteiger partial charge in [0, 0.05) is 21.7 Å². The van der Waals surface area contributed by atoms with Crippen molar-refractivity contribution in [2.24, 2.45) is 29.6 Å². The van der Waals surface area contributed by atoms with Gasteiger partial charge in [-0.1, -0.05) is 59.9 Å². The van der Waals surface area contributed by atoms with Crippen LogP contribution < -0.4 is 10.2 Å². The number of rotatable bonds is 4. The first kappa shape index (κ1) is 22.1. The van der Waals surface area contributed by atoms with E-state index in [1.54, 1.807) is 23.9 Å². The Morgan fingerprint density at radius 1 is 0.944 bits per heavy atom. The van der Waals surface area contributed by atoms with Crippen molar-refractivity contribution in [3.8, 4) is 0 Å². The molecule has 36 heavy (non-hydrogen) atoms. The van der Waals surface area contributed by atoms with Crippen LogP contribution in [-0.4, -0.2) is 39.4 Å². The average Bonchev–Trinajstić information content (AvgIpc) is 3.61. The standard InChI is InChI=1S/C27H23N3O4S2/c31-17(28-14-9-5-2-6-10-14)12-30-25(32)20-15-11-16(21(20)26(30)33)22-19(15)18(13-7-3-1-4-8-13)23-24(35-22)29-27(34)36-23/h1-10,15-16,18-22H,11-12H2,(H,28,31)(H,29,34)/t15-,16-,18-,19+,20+,21-,22+/m1/s1. The lowest BCUT2D eigenvalue weighted by molar-refractivity contribution is -0.143. The molecule has 1 saturated heterocycles. The molecule has 182 valence electrons. The van der Waals surface area contributed by atoms with Crippen LogP contribution in [0.5, 0.6) is 0 Å². The lowest BCUT2D eigenvalue weighted by Gasteiger charge is -2.43. The third-order valence-electron chi connectivity index (χ3n) is 8.33. The Balaban J connectivity index is 1.20. The van der Waals surface area contributed by atoms with E-state index in [9.17, 15) is 19.2 Å². The number of likely N-dealkylation sites (tertiary alicyclic amines) is 1. The number of carbonyl (C=O) groups excluding carboxylic acids is 3. The van der Waals surface area contributed by atoms with Crippen LogP contribution in [-0.2, 0) is 14.4 Å². The van der Waals surface area contributed by atoms with Gasteiger partial charge in [-0.05, 0) is 41.9 Å². The molecular formula is C27H23N3O4S2. The number of aromatic amines is 1. The number of nitrogens with zero attached hydrogens (tertiary/aromatic N) is 1. The monoisotopic (exact) mass is 517 g/mol. The molecule has 3 fully saturated rings. The molecule has 9 heteroatoms. The molecule has 0 radical (unpaired) electrons. The summed E-state index contributed by atoms with van der Waals surface area (Å²) < 4.78 is 0. The smallest absolute Gasteiger partial charge is 0.305 e. The third-order valence-corrected chi connectivity index (χ3v) is 10.9. The van der Waals surface area contributed by atoms with Crippen LogP contribution >= 0.6 is 23.1 Å². The Labute approximate surface area is 215 Å². The summed E-state index contributed by atoms with van der Waals surface area (Å²) >= 11 is 2.93. The fourth-order valence-electron chi connectivity index (χ4n) is 7.13. The van der Waals surface area contributed by atoms with Crippen LogP contribution in [0, 0.1) is 29.6 Å². The maximum absolute atomic E-state index is 13.6. The normalized spacial score (nSPS) is 31.8. The molecule has 7 rings (SSSR count). The van der Waals surface area contributed by atoms with Crippen LogP contribution in [0.2, 0.25) is 0 Å². The summed E-state index contributed by atoms with van der Waals surface area (Å²) in [6.07, 6.45) is 0.835. The molecule has 0 unspecified atom stereocenters. The lowest BCUT2D eigenvalue weighted by atomic mass is 9.68. The minimum absolute atomic E-state index is 0.0191. The molecule has 4 aliphatic rings. The fraction of sp³-hybridized carbons (Fsp3) is 0.333. The minimum Gasteiger partial charge on any atom is -0.325 e. The number of amides is 3. The number of hydrogen-bond acceptors (Lipinski definition) is 6. The van der Waals surface area contributed by atoms with Crippen molar-refractivity contribution < 1.29 is 14.4 Å². The van der Waals surface area contributed by atoms with Gasteiger partial charge in [0.15, 0.2) is 0 Å². The molecule has 3 heterocycles. The zero-order chi connectivity index (χ0) is 24.6. The Hall–Kier alpha value is -3.17. The topological polar surface area (TPSA) is 99.3 Å². The Bertz CT molecular complexity index is 1440. The highest BCUT2D eigenvalue weighted by Gasteiger charge is 2.69. The second-order valence-corrected chi connectivity index (χ2v) is 12.3. The number of imide groups is 1. The Morgan fingerprint density at radius 3 is 2.33 bits per heavy atom. The van der Waals surface area contributed by atoms with Gasteiger partial charge < -0.3 is 10.3 Å². The second-order valence-electron chi connectivity index (χ2n) is 10.0. The summed E-state index contributed by atoms with van der Waals surface area (Å²) in [7, 11) is 0. The average molecular weight is 518 g/mol. The molecular weight excluding hydrogens is 494 g/mol. The van der Waals surface area contributed by atoms with Crippen LogP contribution in [0.3, 0.4) is 0 Å². The van der Waals surface area contributed by atoms with Crippen molar-refractivity contribution in [2.45, 2.75) is 22.6 Å². The fourth-order valence-corrected chi connectivity index (χ4v) is 10.0. The maximum Gasteiger partial charge on any atom is 0.305 e. The number of fused-ring (bicyclic) bond motifs is 9. The number of aromatic nitrogens is 1. The first-order valence-corrected chi connectivity index (χ1v) is 13.9. The molecule has 2 aromatic carbocycles. The van der Waals surface area contributed by atoms with Gasteiger partial charge in [-0.25, -0.2) is 0 Å². The molecule has 0 spiro atoms. The van der Waals surface area contributed by atoms with Crippen molar-refractivity contribution in [2.75, 3.05) is 11.9 Å². The number of thioether (sulfide) groups is 1. The Morgan fingerprint density at radius 2 is 1.61 bits per heavy atom. The quantitative estimate of drug-likeness (QED) is 0.516. The van der Waals surface area contributed by atoms with E-state index >= 15 is 0 Å². The molecule has 2 bridgehead atoms. The van der Waals surface area contributed by atoms with Gasteiger partial charge in [0.2, 0.25) is 17.7 Å². The molecule has 3 amide bonds. The summed E-state index contributed by atoms with van der Waals surface area (Å²) in [5.41, 5.74) is 1.78. The van der Waals surface area contributed by atoms with Gasteiger partial charge in [0.25, 0.3) is 0 Å².